The molecule has 0 heterocycles. The molecule has 0 amide bonds. The van der Waals surface area contributed by atoms with Crippen LogP contribution in [-0.2, 0) is 4.74 Å². The number of carbonyl (C=O) groups is 1. The molecule has 3 aromatic carbocycles. The van der Waals surface area contributed by atoms with Gasteiger partial charge in [-0.05, 0) is 55.3 Å². The van der Waals surface area contributed by atoms with E-state index in [0.717, 1.165) is 16.3 Å². The number of anilines is 2. The van der Waals surface area contributed by atoms with Crippen molar-refractivity contribution in [2.45, 2.75) is 11.8 Å². The van der Waals surface area contributed by atoms with Gasteiger partial charge in [-0.1, -0.05) is 48.5 Å². The fraction of sp³-hybridized carbons (Fsp3) is 0.0952. The van der Waals surface area contributed by atoms with E-state index in [-0.39, 0.29) is 5.97 Å². The average molecular weight is 349 g/mol. The first-order valence-corrected chi connectivity index (χ1v) is 8.91. The number of hydrogen-bond acceptors (Lipinski definition) is 4. The molecule has 0 saturated heterocycles. The normalized spacial score (nSPS) is 10.3. The van der Waals surface area contributed by atoms with Gasteiger partial charge < -0.3 is 4.74 Å². The Labute approximate surface area is 152 Å². The molecule has 3 rings (SSSR count). The van der Waals surface area contributed by atoms with Crippen molar-refractivity contribution in [2.75, 3.05) is 10.9 Å². The lowest BCUT2D eigenvalue weighted by Gasteiger charge is -2.24. The molecule has 126 valence electrons. The van der Waals surface area contributed by atoms with Gasteiger partial charge in [0.25, 0.3) is 0 Å². The number of para-hydroxylation sites is 2. The average Bonchev–Trinajstić information content (AvgIpc) is 2.68. The van der Waals surface area contributed by atoms with Crippen LogP contribution in [0, 0.1) is 0 Å². The Kier molecular flexibility index (Phi) is 5.75. The molecule has 0 N–H and O–H groups in total. The zero-order valence-electron chi connectivity index (χ0n) is 14.0. The second kappa shape index (κ2) is 8.40. The molecule has 0 saturated carbocycles. The molecule has 3 nitrogen and oxygen atoms in total. The number of rotatable bonds is 6. The Bertz CT molecular complexity index is 782. The standard InChI is InChI=1S/C21H19NO2S/c1-2-24-21(23)19-15-9-10-16-20(19)25-22(17-11-5-3-6-12-17)18-13-7-4-8-14-18/h3-16H,2H2,1H3. The van der Waals surface area contributed by atoms with E-state index in [1.54, 1.807) is 6.07 Å². The van der Waals surface area contributed by atoms with Crippen LogP contribution in [0.2, 0.25) is 0 Å². The van der Waals surface area contributed by atoms with Gasteiger partial charge in [0, 0.05) is 4.90 Å². The minimum Gasteiger partial charge on any atom is -0.462 e. The summed E-state index contributed by atoms with van der Waals surface area (Å²) < 4.78 is 7.30. The van der Waals surface area contributed by atoms with Gasteiger partial charge in [-0.3, -0.25) is 4.31 Å². The van der Waals surface area contributed by atoms with Crippen molar-refractivity contribution in [1.29, 1.82) is 0 Å². The highest BCUT2D eigenvalue weighted by Gasteiger charge is 2.17. The summed E-state index contributed by atoms with van der Waals surface area (Å²) in [5, 5.41) is 0. The SMILES string of the molecule is CCOC(=O)c1ccccc1SN(c1ccccc1)c1ccccc1. The van der Waals surface area contributed by atoms with E-state index >= 15 is 0 Å². The van der Waals surface area contributed by atoms with E-state index < -0.39 is 0 Å². The highest BCUT2D eigenvalue weighted by atomic mass is 32.2. The Morgan fingerprint density at radius 1 is 0.840 bits per heavy atom. The van der Waals surface area contributed by atoms with E-state index in [1.807, 2.05) is 85.8 Å². The highest BCUT2D eigenvalue weighted by Crippen LogP contribution is 2.37. The maximum absolute atomic E-state index is 12.3. The van der Waals surface area contributed by atoms with Crippen molar-refractivity contribution in [2.24, 2.45) is 0 Å². The van der Waals surface area contributed by atoms with E-state index in [1.165, 1.54) is 11.9 Å². The number of esters is 1. The topological polar surface area (TPSA) is 29.5 Å². The van der Waals surface area contributed by atoms with Crippen molar-refractivity contribution in [3.63, 3.8) is 0 Å². The fourth-order valence-corrected chi connectivity index (χ4v) is 3.44. The Balaban J connectivity index is 1.98. The maximum atomic E-state index is 12.3. The summed E-state index contributed by atoms with van der Waals surface area (Å²) >= 11 is 1.51. The molecule has 0 aliphatic carbocycles. The van der Waals surface area contributed by atoms with Crippen LogP contribution in [0.3, 0.4) is 0 Å². The number of ether oxygens (including phenoxy) is 1. The van der Waals surface area contributed by atoms with Crippen LogP contribution in [0.5, 0.6) is 0 Å². The Morgan fingerprint density at radius 3 is 1.92 bits per heavy atom. The van der Waals surface area contributed by atoms with Crippen molar-refractivity contribution < 1.29 is 9.53 Å². The Morgan fingerprint density at radius 2 is 1.36 bits per heavy atom. The van der Waals surface area contributed by atoms with Gasteiger partial charge in [-0.25, -0.2) is 4.79 Å². The zero-order valence-corrected chi connectivity index (χ0v) is 14.8. The fourth-order valence-electron chi connectivity index (χ4n) is 2.40. The summed E-state index contributed by atoms with van der Waals surface area (Å²) in [5.41, 5.74) is 2.65. The third-order valence-corrected chi connectivity index (χ3v) is 4.71. The minimum atomic E-state index is -0.299. The third kappa shape index (κ3) is 4.22. The zero-order chi connectivity index (χ0) is 17.5. The predicted octanol–water partition coefficient (Wildman–Crippen LogP) is 5.71. The largest absolute Gasteiger partial charge is 0.462 e. The van der Waals surface area contributed by atoms with Crippen LogP contribution in [-0.4, -0.2) is 12.6 Å². The lowest BCUT2D eigenvalue weighted by Crippen LogP contribution is -2.10. The lowest BCUT2D eigenvalue weighted by atomic mass is 10.2. The van der Waals surface area contributed by atoms with Crippen molar-refractivity contribution in [3.8, 4) is 0 Å². The minimum absolute atomic E-state index is 0.299. The number of nitrogens with zero attached hydrogens (tertiary/aromatic N) is 1. The summed E-state index contributed by atoms with van der Waals surface area (Å²) in [4.78, 5) is 13.1. The summed E-state index contributed by atoms with van der Waals surface area (Å²) in [6.45, 7) is 2.17. The maximum Gasteiger partial charge on any atom is 0.339 e. The molecule has 0 spiro atoms. The third-order valence-electron chi connectivity index (χ3n) is 3.55. The summed E-state index contributed by atoms with van der Waals surface area (Å²) in [7, 11) is 0. The summed E-state index contributed by atoms with van der Waals surface area (Å²) in [6, 6.07) is 27.7. The molecule has 0 radical (unpaired) electrons. The highest BCUT2D eigenvalue weighted by molar-refractivity contribution is 8.01. The Hall–Kier alpha value is -2.72. The van der Waals surface area contributed by atoms with Crippen LogP contribution in [0.15, 0.2) is 89.8 Å². The van der Waals surface area contributed by atoms with Gasteiger partial charge in [0.1, 0.15) is 0 Å². The van der Waals surface area contributed by atoms with Crippen molar-refractivity contribution >= 4 is 29.3 Å². The predicted molar refractivity (Wildman–Crippen MR) is 103 cm³/mol. The van der Waals surface area contributed by atoms with E-state index in [0.29, 0.717) is 12.2 Å². The first-order valence-electron chi connectivity index (χ1n) is 8.14. The number of benzene rings is 3. The van der Waals surface area contributed by atoms with Crippen LogP contribution in [0.25, 0.3) is 0 Å². The molecule has 0 atom stereocenters. The molecular formula is C21H19NO2S. The number of hydrogen-bond donors (Lipinski definition) is 0. The molecule has 0 unspecified atom stereocenters. The second-order valence-corrected chi connectivity index (χ2v) is 6.26. The van der Waals surface area contributed by atoms with Gasteiger partial charge >= 0.3 is 5.97 Å². The molecule has 25 heavy (non-hydrogen) atoms. The lowest BCUT2D eigenvalue weighted by molar-refractivity contribution is 0.0522. The molecule has 0 aliphatic rings. The molecule has 0 aliphatic heterocycles. The van der Waals surface area contributed by atoms with Crippen LogP contribution in [0.1, 0.15) is 17.3 Å². The van der Waals surface area contributed by atoms with Gasteiger partial charge in [-0.15, -0.1) is 0 Å². The monoisotopic (exact) mass is 349 g/mol. The van der Waals surface area contributed by atoms with Gasteiger partial charge in [0.05, 0.1) is 23.5 Å². The molecular weight excluding hydrogens is 330 g/mol. The molecule has 4 heteroatoms. The van der Waals surface area contributed by atoms with E-state index in [4.69, 9.17) is 4.74 Å². The quantitative estimate of drug-likeness (QED) is 0.421. The van der Waals surface area contributed by atoms with Crippen LogP contribution in [0.4, 0.5) is 11.4 Å². The van der Waals surface area contributed by atoms with Gasteiger partial charge in [-0.2, -0.15) is 0 Å². The van der Waals surface area contributed by atoms with Crippen LogP contribution >= 0.6 is 11.9 Å². The molecule has 3 aromatic rings. The van der Waals surface area contributed by atoms with E-state index in [9.17, 15) is 4.79 Å². The first kappa shape index (κ1) is 17.1. The number of carbonyl (C=O) groups excluding carboxylic acids is 1. The summed E-state index contributed by atoms with van der Waals surface area (Å²) in [5.74, 6) is -0.299. The van der Waals surface area contributed by atoms with Crippen molar-refractivity contribution in [1.82, 2.24) is 0 Å². The second-order valence-electron chi connectivity index (χ2n) is 5.27. The van der Waals surface area contributed by atoms with Crippen LogP contribution < -0.4 is 4.31 Å². The van der Waals surface area contributed by atoms with Gasteiger partial charge in [0.15, 0.2) is 0 Å². The van der Waals surface area contributed by atoms with E-state index in [2.05, 4.69) is 4.31 Å². The van der Waals surface area contributed by atoms with Crippen molar-refractivity contribution in [3.05, 3.63) is 90.5 Å². The smallest absolute Gasteiger partial charge is 0.339 e. The first-order chi connectivity index (χ1) is 12.3. The van der Waals surface area contributed by atoms with Gasteiger partial charge in [0.2, 0.25) is 0 Å². The summed E-state index contributed by atoms with van der Waals surface area (Å²) in [6.07, 6.45) is 0. The molecule has 0 bridgehead atoms. The molecule has 0 fully saturated rings. The molecule has 0 aromatic heterocycles.